The molecule has 1 amide bonds. The van der Waals surface area contributed by atoms with Crippen molar-refractivity contribution in [3.63, 3.8) is 0 Å². The van der Waals surface area contributed by atoms with Gasteiger partial charge in [-0.1, -0.05) is 50.2 Å². The van der Waals surface area contributed by atoms with E-state index in [0.717, 1.165) is 17.9 Å². The van der Waals surface area contributed by atoms with Crippen LogP contribution in [0.3, 0.4) is 0 Å². The Balaban J connectivity index is 1.53. The lowest BCUT2D eigenvalue weighted by atomic mass is 10.1. The average Bonchev–Trinajstić information content (AvgIpc) is 2.74. The standard InChI is InChI=1S/C25H27NO3/c1-19(2)18-29-23-13-11-22(12-14-23)26-25(27)21-9-6-10-24(17-21)28-16-15-20-7-4-3-5-8-20/h3-14,17,19H,15-16,18H2,1-2H3,(H,26,27). The van der Waals surface area contributed by atoms with E-state index in [0.29, 0.717) is 30.4 Å². The molecule has 0 bridgehead atoms. The van der Waals surface area contributed by atoms with E-state index >= 15 is 0 Å². The number of carbonyl (C=O) groups is 1. The van der Waals surface area contributed by atoms with Crippen LogP contribution in [0.5, 0.6) is 11.5 Å². The van der Waals surface area contributed by atoms with Gasteiger partial charge in [-0.15, -0.1) is 0 Å². The molecular formula is C25H27NO3. The Labute approximate surface area is 172 Å². The molecule has 1 N–H and O–H groups in total. The molecule has 0 atom stereocenters. The first kappa shape index (κ1) is 20.5. The molecule has 3 rings (SSSR count). The van der Waals surface area contributed by atoms with E-state index in [1.165, 1.54) is 5.56 Å². The Kier molecular flexibility index (Phi) is 7.28. The van der Waals surface area contributed by atoms with Crippen molar-refractivity contribution in [1.29, 1.82) is 0 Å². The van der Waals surface area contributed by atoms with Gasteiger partial charge >= 0.3 is 0 Å². The second kappa shape index (κ2) is 10.3. The highest BCUT2D eigenvalue weighted by molar-refractivity contribution is 6.04. The summed E-state index contributed by atoms with van der Waals surface area (Å²) in [6, 6.07) is 24.8. The monoisotopic (exact) mass is 389 g/mol. The predicted octanol–water partition coefficient (Wildman–Crippen LogP) is 5.60. The minimum Gasteiger partial charge on any atom is -0.493 e. The van der Waals surface area contributed by atoms with Gasteiger partial charge in [0.05, 0.1) is 13.2 Å². The van der Waals surface area contributed by atoms with E-state index in [2.05, 4.69) is 31.3 Å². The number of hydrogen-bond acceptors (Lipinski definition) is 3. The van der Waals surface area contributed by atoms with Crippen LogP contribution in [-0.2, 0) is 6.42 Å². The van der Waals surface area contributed by atoms with E-state index in [1.807, 2.05) is 54.6 Å². The zero-order valence-electron chi connectivity index (χ0n) is 16.9. The van der Waals surface area contributed by atoms with Crippen LogP contribution >= 0.6 is 0 Å². The average molecular weight is 389 g/mol. The van der Waals surface area contributed by atoms with Gasteiger partial charge in [0.15, 0.2) is 0 Å². The number of hydrogen-bond donors (Lipinski definition) is 1. The Hall–Kier alpha value is -3.27. The lowest BCUT2D eigenvalue weighted by Crippen LogP contribution is -2.12. The fourth-order valence-corrected chi connectivity index (χ4v) is 2.76. The minimum absolute atomic E-state index is 0.172. The number of benzene rings is 3. The maximum Gasteiger partial charge on any atom is 0.255 e. The largest absolute Gasteiger partial charge is 0.493 e. The number of amides is 1. The van der Waals surface area contributed by atoms with Crippen molar-refractivity contribution in [2.45, 2.75) is 20.3 Å². The quantitative estimate of drug-likeness (QED) is 0.518. The Morgan fingerprint density at radius 1 is 0.862 bits per heavy atom. The first-order valence-electron chi connectivity index (χ1n) is 9.91. The zero-order valence-corrected chi connectivity index (χ0v) is 16.9. The molecule has 0 saturated heterocycles. The second-order valence-corrected chi connectivity index (χ2v) is 7.30. The lowest BCUT2D eigenvalue weighted by molar-refractivity contribution is 0.102. The molecule has 0 aromatic heterocycles. The molecule has 29 heavy (non-hydrogen) atoms. The van der Waals surface area contributed by atoms with Gasteiger partial charge in [0.25, 0.3) is 5.91 Å². The van der Waals surface area contributed by atoms with Crippen LogP contribution in [-0.4, -0.2) is 19.1 Å². The van der Waals surface area contributed by atoms with Crippen LogP contribution in [0.25, 0.3) is 0 Å². The van der Waals surface area contributed by atoms with Gasteiger partial charge in [0.2, 0.25) is 0 Å². The summed E-state index contributed by atoms with van der Waals surface area (Å²) in [7, 11) is 0. The number of nitrogens with one attached hydrogen (secondary N) is 1. The summed E-state index contributed by atoms with van der Waals surface area (Å²) >= 11 is 0. The molecule has 0 aliphatic carbocycles. The predicted molar refractivity (Wildman–Crippen MR) is 117 cm³/mol. The van der Waals surface area contributed by atoms with Crippen molar-refractivity contribution < 1.29 is 14.3 Å². The molecule has 3 aromatic rings. The van der Waals surface area contributed by atoms with E-state index in [4.69, 9.17) is 9.47 Å². The van der Waals surface area contributed by atoms with Gasteiger partial charge in [-0.05, 0) is 53.9 Å². The van der Waals surface area contributed by atoms with Crippen LogP contribution in [0.1, 0.15) is 29.8 Å². The van der Waals surface area contributed by atoms with Gasteiger partial charge in [0, 0.05) is 17.7 Å². The van der Waals surface area contributed by atoms with Crippen molar-refractivity contribution >= 4 is 11.6 Å². The van der Waals surface area contributed by atoms with Crippen molar-refractivity contribution in [1.82, 2.24) is 0 Å². The first-order chi connectivity index (χ1) is 14.1. The van der Waals surface area contributed by atoms with Gasteiger partial charge < -0.3 is 14.8 Å². The molecule has 3 aromatic carbocycles. The second-order valence-electron chi connectivity index (χ2n) is 7.30. The Morgan fingerprint density at radius 2 is 1.62 bits per heavy atom. The Bertz CT molecular complexity index is 905. The molecule has 0 fully saturated rings. The molecule has 4 nitrogen and oxygen atoms in total. The zero-order chi connectivity index (χ0) is 20.5. The maximum absolute atomic E-state index is 12.6. The molecule has 0 radical (unpaired) electrons. The van der Waals surface area contributed by atoms with Crippen LogP contribution in [0.2, 0.25) is 0 Å². The SMILES string of the molecule is CC(C)COc1ccc(NC(=O)c2cccc(OCCc3ccccc3)c2)cc1. The molecule has 0 saturated carbocycles. The lowest BCUT2D eigenvalue weighted by Gasteiger charge is -2.11. The highest BCUT2D eigenvalue weighted by atomic mass is 16.5. The summed E-state index contributed by atoms with van der Waals surface area (Å²) in [5.74, 6) is 1.78. The summed E-state index contributed by atoms with van der Waals surface area (Å²) in [6.07, 6.45) is 0.822. The fraction of sp³-hybridized carbons (Fsp3) is 0.240. The van der Waals surface area contributed by atoms with Crippen molar-refractivity contribution in [3.05, 3.63) is 90.0 Å². The first-order valence-corrected chi connectivity index (χ1v) is 9.91. The van der Waals surface area contributed by atoms with Gasteiger partial charge in [-0.25, -0.2) is 0 Å². The summed E-state index contributed by atoms with van der Waals surface area (Å²) in [5, 5.41) is 2.91. The minimum atomic E-state index is -0.172. The van der Waals surface area contributed by atoms with Crippen LogP contribution in [0.15, 0.2) is 78.9 Å². The number of rotatable bonds is 9. The molecule has 150 valence electrons. The topological polar surface area (TPSA) is 47.6 Å². The van der Waals surface area contributed by atoms with Crippen LogP contribution < -0.4 is 14.8 Å². The summed E-state index contributed by atoms with van der Waals surface area (Å²) in [6.45, 7) is 5.44. The number of carbonyl (C=O) groups excluding carboxylic acids is 1. The summed E-state index contributed by atoms with van der Waals surface area (Å²) in [4.78, 5) is 12.6. The maximum atomic E-state index is 12.6. The van der Waals surface area contributed by atoms with Gasteiger partial charge in [-0.2, -0.15) is 0 Å². The fourth-order valence-electron chi connectivity index (χ4n) is 2.76. The van der Waals surface area contributed by atoms with Crippen molar-refractivity contribution in [2.75, 3.05) is 18.5 Å². The third-order valence-corrected chi connectivity index (χ3v) is 4.29. The van der Waals surface area contributed by atoms with Crippen LogP contribution in [0.4, 0.5) is 5.69 Å². The van der Waals surface area contributed by atoms with E-state index < -0.39 is 0 Å². The Morgan fingerprint density at radius 3 is 2.34 bits per heavy atom. The molecule has 0 aliphatic heterocycles. The normalized spacial score (nSPS) is 10.6. The molecule has 0 heterocycles. The van der Waals surface area contributed by atoms with E-state index in [1.54, 1.807) is 12.1 Å². The van der Waals surface area contributed by atoms with Gasteiger partial charge in [0.1, 0.15) is 11.5 Å². The molecule has 0 spiro atoms. The smallest absolute Gasteiger partial charge is 0.255 e. The van der Waals surface area contributed by atoms with Crippen LogP contribution in [0, 0.1) is 5.92 Å². The highest BCUT2D eigenvalue weighted by Gasteiger charge is 2.08. The molecule has 0 unspecified atom stereocenters. The highest BCUT2D eigenvalue weighted by Crippen LogP contribution is 2.19. The summed E-state index contributed by atoms with van der Waals surface area (Å²) in [5.41, 5.74) is 2.51. The van der Waals surface area contributed by atoms with E-state index in [-0.39, 0.29) is 5.91 Å². The summed E-state index contributed by atoms with van der Waals surface area (Å²) < 4.78 is 11.5. The number of anilines is 1. The number of ether oxygens (including phenoxy) is 2. The molecular weight excluding hydrogens is 362 g/mol. The van der Waals surface area contributed by atoms with Gasteiger partial charge in [-0.3, -0.25) is 4.79 Å². The van der Waals surface area contributed by atoms with E-state index in [9.17, 15) is 4.79 Å². The van der Waals surface area contributed by atoms with Crippen molar-refractivity contribution in [3.8, 4) is 11.5 Å². The third kappa shape index (κ3) is 6.68. The third-order valence-electron chi connectivity index (χ3n) is 4.29. The molecule has 0 aliphatic rings. The van der Waals surface area contributed by atoms with Crippen molar-refractivity contribution in [2.24, 2.45) is 5.92 Å². The molecule has 4 heteroatoms.